The van der Waals surface area contributed by atoms with E-state index in [0.717, 1.165) is 32.7 Å². The van der Waals surface area contributed by atoms with E-state index in [1.54, 1.807) is 24.3 Å². The van der Waals surface area contributed by atoms with Crippen molar-refractivity contribution in [2.75, 3.05) is 32.7 Å². The summed E-state index contributed by atoms with van der Waals surface area (Å²) in [6.45, 7) is 3.94. The number of halogens is 1. The first-order chi connectivity index (χ1) is 10.6. The Morgan fingerprint density at radius 3 is 2.64 bits per heavy atom. The zero-order valence-electron chi connectivity index (χ0n) is 12.1. The van der Waals surface area contributed by atoms with Crippen molar-refractivity contribution in [3.05, 3.63) is 34.9 Å². The van der Waals surface area contributed by atoms with Crippen molar-refractivity contribution in [2.24, 2.45) is 0 Å². The number of amides is 1. The highest BCUT2D eigenvalue weighted by molar-refractivity contribution is 7.80. The second-order valence-electron chi connectivity index (χ2n) is 4.98. The van der Waals surface area contributed by atoms with Gasteiger partial charge in [0.2, 0.25) is 0 Å². The van der Waals surface area contributed by atoms with Crippen LogP contribution in [0.25, 0.3) is 0 Å². The fourth-order valence-corrected chi connectivity index (χ4v) is 2.77. The van der Waals surface area contributed by atoms with E-state index in [2.05, 4.69) is 16.3 Å². The molecule has 1 aliphatic rings. The highest BCUT2D eigenvalue weighted by Crippen LogP contribution is 2.14. The lowest BCUT2D eigenvalue weighted by Crippen LogP contribution is -2.52. The van der Waals surface area contributed by atoms with Gasteiger partial charge < -0.3 is 4.90 Å². The van der Waals surface area contributed by atoms with Crippen LogP contribution in [0.4, 0.5) is 0 Å². The molecule has 0 saturated carbocycles. The van der Waals surface area contributed by atoms with E-state index in [-0.39, 0.29) is 5.91 Å². The van der Waals surface area contributed by atoms with Gasteiger partial charge in [0, 0.05) is 39.1 Å². The van der Waals surface area contributed by atoms with Crippen LogP contribution < -0.4 is 5.32 Å². The van der Waals surface area contributed by atoms with Crippen LogP contribution in [0.3, 0.4) is 0 Å². The van der Waals surface area contributed by atoms with Crippen LogP contribution in [0.1, 0.15) is 16.8 Å². The van der Waals surface area contributed by atoms with Crippen LogP contribution in [0.2, 0.25) is 5.02 Å². The SMILES string of the molecule is N#CCCN1CCN(C(=S)NC(=O)c2ccccc2Cl)CC1. The zero-order chi connectivity index (χ0) is 15.9. The number of nitrogens with one attached hydrogen (secondary N) is 1. The Kier molecular flexibility index (Phi) is 6.13. The van der Waals surface area contributed by atoms with Crippen molar-refractivity contribution in [3.8, 4) is 6.07 Å². The predicted octanol–water partition coefficient (Wildman–Crippen LogP) is 1.89. The van der Waals surface area contributed by atoms with Crippen LogP contribution in [0.15, 0.2) is 24.3 Å². The van der Waals surface area contributed by atoms with E-state index >= 15 is 0 Å². The maximum Gasteiger partial charge on any atom is 0.258 e. The minimum absolute atomic E-state index is 0.289. The molecule has 116 valence electrons. The zero-order valence-corrected chi connectivity index (χ0v) is 13.7. The van der Waals surface area contributed by atoms with Crippen molar-refractivity contribution < 1.29 is 4.79 Å². The molecular weight excluding hydrogens is 320 g/mol. The van der Waals surface area contributed by atoms with Crippen molar-refractivity contribution in [1.82, 2.24) is 15.1 Å². The molecule has 1 N–H and O–H groups in total. The summed E-state index contributed by atoms with van der Waals surface area (Å²) in [5.74, 6) is -0.289. The second-order valence-corrected chi connectivity index (χ2v) is 5.77. The molecule has 1 heterocycles. The summed E-state index contributed by atoms with van der Waals surface area (Å²) >= 11 is 11.3. The normalized spacial score (nSPS) is 15.2. The van der Waals surface area contributed by atoms with Gasteiger partial charge in [0.25, 0.3) is 5.91 Å². The first kappa shape index (κ1) is 16.7. The minimum atomic E-state index is -0.289. The van der Waals surface area contributed by atoms with Gasteiger partial charge in [-0.25, -0.2) is 0 Å². The van der Waals surface area contributed by atoms with Gasteiger partial charge in [-0.2, -0.15) is 5.26 Å². The number of nitriles is 1. The minimum Gasteiger partial charge on any atom is -0.346 e. The number of hydrogen-bond donors (Lipinski definition) is 1. The molecule has 1 fully saturated rings. The summed E-state index contributed by atoms with van der Waals surface area (Å²) in [5, 5.41) is 12.2. The smallest absolute Gasteiger partial charge is 0.258 e. The summed E-state index contributed by atoms with van der Waals surface area (Å²) < 4.78 is 0. The van der Waals surface area contributed by atoms with E-state index in [9.17, 15) is 4.79 Å². The Balaban J connectivity index is 1.85. The van der Waals surface area contributed by atoms with Gasteiger partial charge >= 0.3 is 0 Å². The monoisotopic (exact) mass is 336 g/mol. The molecule has 7 heteroatoms. The number of nitrogens with zero attached hydrogens (tertiary/aromatic N) is 3. The fraction of sp³-hybridized carbons (Fsp3) is 0.400. The van der Waals surface area contributed by atoms with Gasteiger partial charge in [-0.3, -0.25) is 15.0 Å². The molecule has 1 amide bonds. The Morgan fingerprint density at radius 2 is 2.00 bits per heavy atom. The number of piperazine rings is 1. The van der Waals surface area contributed by atoms with Crippen LogP contribution in [0, 0.1) is 11.3 Å². The lowest BCUT2D eigenvalue weighted by molar-refractivity contribution is 0.0970. The molecule has 0 bridgehead atoms. The van der Waals surface area contributed by atoms with Crippen molar-refractivity contribution in [1.29, 1.82) is 5.26 Å². The maximum atomic E-state index is 12.2. The summed E-state index contributed by atoms with van der Waals surface area (Å²) in [6, 6.07) is 9.03. The molecule has 0 spiro atoms. The van der Waals surface area contributed by atoms with Crippen LogP contribution >= 0.6 is 23.8 Å². The standard InChI is InChI=1S/C15H17ClN4OS/c16-13-5-2-1-4-12(13)14(21)18-15(22)20-10-8-19(9-11-20)7-3-6-17/h1-2,4-5H,3,7-11H2,(H,18,21,22). The highest BCUT2D eigenvalue weighted by Gasteiger charge is 2.20. The van der Waals surface area contributed by atoms with Crippen molar-refractivity contribution in [2.45, 2.75) is 6.42 Å². The summed E-state index contributed by atoms with van der Waals surface area (Å²) in [5.41, 5.74) is 0.416. The van der Waals surface area contributed by atoms with E-state index in [1.807, 2.05) is 4.90 Å². The molecule has 1 saturated heterocycles. The van der Waals surface area contributed by atoms with Crippen LogP contribution in [-0.4, -0.2) is 53.5 Å². The topological polar surface area (TPSA) is 59.4 Å². The average Bonchev–Trinajstić information content (AvgIpc) is 2.53. The molecule has 1 aliphatic heterocycles. The molecule has 22 heavy (non-hydrogen) atoms. The molecule has 2 rings (SSSR count). The van der Waals surface area contributed by atoms with E-state index in [1.165, 1.54) is 0 Å². The largest absolute Gasteiger partial charge is 0.346 e. The van der Waals surface area contributed by atoms with Gasteiger partial charge in [0.1, 0.15) is 0 Å². The molecule has 0 aliphatic carbocycles. The summed E-state index contributed by atoms with van der Waals surface area (Å²) in [7, 11) is 0. The first-order valence-electron chi connectivity index (χ1n) is 7.06. The van der Waals surface area contributed by atoms with E-state index in [4.69, 9.17) is 29.1 Å². The number of rotatable bonds is 3. The number of carbonyl (C=O) groups excluding carboxylic acids is 1. The van der Waals surface area contributed by atoms with Crippen LogP contribution in [-0.2, 0) is 0 Å². The quantitative estimate of drug-likeness (QED) is 0.854. The number of carbonyl (C=O) groups is 1. The third-order valence-electron chi connectivity index (χ3n) is 3.54. The van der Waals surface area contributed by atoms with Gasteiger partial charge in [-0.15, -0.1) is 0 Å². The molecule has 5 nitrogen and oxygen atoms in total. The number of hydrogen-bond acceptors (Lipinski definition) is 4. The molecule has 0 aromatic heterocycles. The Bertz CT molecular complexity index is 593. The molecule has 1 aromatic rings. The first-order valence-corrected chi connectivity index (χ1v) is 7.84. The summed E-state index contributed by atoms with van der Waals surface area (Å²) in [6.07, 6.45) is 0.535. The average molecular weight is 337 g/mol. The molecule has 1 aromatic carbocycles. The van der Waals surface area contributed by atoms with E-state index in [0.29, 0.717) is 22.1 Å². The van der Waals surface area contributed by atoms with Gasteiger partial charge in [-0.05, 0) is 24.4 Å². The third-order valence-corrected chi connectivity index (χ3v) is 4.23. The lowest BCUT2D eigenvalue weighted by Gasteiger charge is -2.35. The molecule has 0 unspecified atom stereocenters. The van der Waals surface area contributed by atoms with Gasteiger partial charge in [0.05, 0.1) is 16.7 Å². The molecule has 0 radical (unpaired) electrons. The lowest BCUT2D eigenvalue weighted by atomic mass is 10.2. The highest BCUT2D eigenvalue weighted by atomic mass is 35.5. The fourth-order valence-electron chi connectivity index (χ4n) is 2.27. The van der Waals surface area contributed by atoms with Crippen molar-refractivity contribution in [3.63, 3.8) is 0 Å². The maximum absolute atomic E-state index is 12.2. The number of thiocarbonyl (C=S) groups is 1. The Morgan fingerprint density at radius 1 is 1.32 bits per heavy atom. The van der Waals surface area contributed by atoms with Gasteiger partial charge in [0.15, 0.2) is 5.11 Å². The second kappa shape index (κ2) is 8.08. The van der Waals surface area contributed by atoms with Crippen molar-refractivity contribution >= 4 is 34.8 Å². The van der Waals surface area contributed by atoms with Crippen LogP contribution in [0.5, 0.6) is 0 Å². The Hall–Kier alpha value is -1.68. The molecule has 0 atom stereocenters. The van der Waals surface area contributed by atoms with Gasteiger partial charge in [-0.1, -0.05) is 23.7 Å². The number of benzene rings is 1. The summed E-state index contributed by atoms with van der Waals surface area (Å²) in [4.78, 5) is 16.4. The predicted molar refractivity (Wildman–Crippen MR) is 89.8 cm³/mol. The molecular formula is C15H17ClN4OS. The Labute approximate surface area is 140 Å². The third kappa shape index (κ3) is 4.41. The van der Waals surface area contributed by atoms with E-state index < -0.39 is 0 Å².